The van der Waals surface area contributed by atoms with E-state index >= 15 is 0 Å². The molecule has 13 heteroatoms. The van der Waals surface area contributed by atoms with Crippen LogP contribution in [0.25, 0.3) is 11.1 Å². The van der Waals surface area contributed by atoms with Gasteiger partial charge in [0.2, 0.25) is 9.84 Å². The van der Waals surface area contributed by atoms with Gasteiger partial charge in [0.15, 0.2) is 0 Å². The quantitative estimate of drug-likeness (QED) is 0.128. The molecule has 0 atom stereocenters. The molecular formula is C41H34O10S3. The van der Waals surface area contributed by atoms with Crippen LogP contribution in [0, 0.1) is 27.7 Å². The van der Waals surface area contributed by atoms with Crippen molar-refractivity contribution in [2.75, 3.05) is 0 Å². The van der Waals surface area contributed by atoms with E-state index < -0.39 is 35.5 Å². The van der Waals surface area contributed by atoms with Crippen LogP contribution in [0.2, 0.25) is 0 Å². The molecule has 6 aromatic rings. The van der Waals surface area contributed by atoms with E-state index in [-0.39, 0.29) is 25.3 Å². The number of hydrogen-bond donors (Lipinski definition) is 3. The Balaban J connectivity index is 1.43. The molecule has 0 saturated heterocycles. The van der Waals surface area contributed by atoms with Gasteiger partial charge in [-0.25, -0.2) is 8.42 Å². The summed E-state index contributed by atoms with van der Waals surface area (Å²) in [5.41, 5.74) is 5.23. The Morgan fingerprint density at radius 1 is 0.500 bits per heavy atom. The van der Waals surface area contributed by atoms with Gasteiger partial charge in [-0.15, -0.1) is 0 Å². The molecule has 276 valence electrons. The maximum Gasteiger partial charge on any atom is 0.294 e. The number of rotatable bonds is 8. The normalized spacial score (nSPS) is 13.7. The van der Waals surface area contributed by atoms with Crippen LogP contribution in [0.4, 0.5) is 0 Å². The minimum Gasteiger partial charge on any atom is -0.508 e. The molecule has 1 aliphatic carbocycles. The minimum absolute atomic E-state index is 0.0245. The molecule has 0 bridgehead atoms. The third kappa shape index (κ3) is 6.27. The Bertz CT molecular complexity index is 2720. The summed E-state index contributed by atoms with van der Waals surface area (Å²) < 4.78 is 103. The van der Waals surface area contributed by atoms with E-state index in [4.69, 9.17) is 4.74 Å². The van der Waals surface area contributed by atoms with Gasteiger partial charge in [-0.1, -0.05) is 53.6 Å². The van der Waals surface area contributed by atoms with Crippen LogP contribution in [-0.4, -0.2) is 39.5 Å². The smallest absolute Gasteiger partial charge is 0.294 e. The summed E-state index contributed by atoms with van der Waals surface area (Å²) in [6.07, 6.45) is 0. The first-order chi connectivity index (χ1) is 25.3. The first-order valence-electron chi connectivity index (χ1n) is 16.6. The molecule has 54 heavy (non-hydrogen) atoms. The van der Waals surface area contributed by atoms with Gasteiger partial charge in [0.05, 0.1) is 25.0 Å². The average Bonchev–Trinajstić information content (AvgIpc) is 3.39. The highest BCUT2D eigenvalue weighted by Crippen LogP contribution is 2.58. The molecule has 0 saturated carbocycles. The van der Waals surface area contributed by atoms with Crippen molar-refractivity contribution in [3.05, 3.63) is 160 Å². The van der Waals surface area contributed by atoms with Crippen molar-refractivity contribution >= 4 is 30.1 Å². The van der Waals surface area contributed by atoms with Gasteiger partial charge >= 0.3 is 0 Å². The van der Waals surface area contributed by atoms with E-state index in [1.54, 1.807) is 12.1 Å². The summed E-state index contributed by atoms with van der Waals surface area (Å²) in [4.78, 5) is -0.632. The number of ether oxygens (including phenoxy) is 1. The number of fused-ring (bicyclic) bond motifs is 3. The van der Waals surface area contributed by atoms with Gasteiger partial charge in [-0.2, -0.15) is 16.8 Å². The summed E-state index contributed by atoms with van der Waals surface area (Å²) in [5.74, 6) is 0.775. The lowest BCUT2D eigenvalue weighted by molar-refractivity contribution is 0.474. The van der Waals surface area contributed by atoms with Crippen LogP contribution in [0.5, 0.6) is 17.2 Å². The van der Waals surface area contributed by atoms with Crippen molar-refractivity contribution in [1.82, 2.24) is 0 Å². The van der Waals surface area contributed by atoms with Crippen molar-refractivity contribution in [3.63, 3.8) is 0 Å². The summed E-state index contributed by atoms with van der Waals surface area (Å²) in [6, 6.07) is 29.3. The van der Waals surface area contributed by atoms with Gasteiger partial charge in [0.1, 0.15) is 17.2 Å². The van der Waals surface area contributed by atoms with E-state index in [2.05, 4.69) is 0 Å². The zero-order valence-corrected chi connectivity index (χ0v) is 31.8. The van der Waals surface area contributed by atoms with Crippen molar-refractivity contribution < 1.29 is 44.2 Å². The number of sulfone groups is 1. The molecule has 3 N–H and O–H groups in total. The molecule has 10 nitrogen and oxygen atoms in total. The van der Waals surface area contributed by atoms with E-state index in [9.17, 15) is 39.5 Å². The average molecular weight is 783 g/mol. The second-order valence-corrected chi connectivity index (χ2v) is 18.3. The monoisotopic (exact) mass is 782 g/mol. The minimum atomic E-state index is -4.67. The molecule has 6 aromatic carbocycles. The second kappa shape index (κ2) is 12.9. The van der Waals surface area contributed by atoms with Crippen LogP contribution in [-0.2, 0) is 35.5 Å². The first kappa shape index (κ1) is 37.0. The highest BCUT2D eigenvalue weighted by atomic mass is 32.2. The van der Waals surface area contributed by atoms with E-state index in [1.165, 1.54) is 72.8 Å². The van der Waals surface area contributed by atoms with Gasteiger partial charge < -0.3 is 9.84 Å². The standard InChI is InChI=1S/C41H34O10S3/c1-24-17-25(2)19-28(18-24)41(38-22-34(53(45,46)47)13-15-36(38)37-16-14-35(23-39(37)41)54(48,49)50)29-20-26(3)40(27(4)21-29)51-31-7-11-33(12-8-31)52(43,44)32-9-5-30(42)6-10-32/h5-23,42H,1-4H3,(H,45,46,47)(H,48,49,50). The summed E-state index contributed by atoms with van der Waals surface area (Å²) in [6.45, 7) is 7.48. The van der Waals surface area contributed by atoms with Crippen molar-refractivity contribution in [1.29, 1.82) is 0 Å². The third-order valence-electron chi connectivity index (χ3n) is 9.72. The van der Waals surface area contributed by atoms with E-state index in [1.807, 2.05) is 58.0 Å². The predicted molar refractivity (Wildman–Crippen MR) is 202 cm³/mol. The lowest BCUT2D eigenvalue weighted by Crippen LogP contribution is -2.30. The van der Waals surface area contributed by atoms with Crippen LogP contribution in [0.3, 0.4) is 0 Å². The molecular weight excluding hydrogens is 749 g/mol. The Morgan fingerprint density at radius 3 is 1.35 bits per heavy atom. The molecule has 7 rings (SSSR count). The zero-order chi connectivity index (χ0) is 39.0. The van der Waals surface area contributed by atoms with Crippen LogP contribution in [0.1, 0.15) is 44.5 Å². The number of aryl methyl sites for hydroxylation is 4. The molecule has 0 spiro atoms. The fourth-order valence-corrected chi connectivity index (χ4v) is 9.75. The highest BCUT2D eigenvalue weighted by Gasteiger charge is 2.48. The number of phenolic OH excluding ortho intramolecular Hbond substituents is 1. The van der Waals surface area contributed by atoms with Crippen LogP contribution < -0.4 is 4.74 Å². The summed E-state index contributed by atoms with van der Waals surface area (Å²) in [5, 5.41) is 9.58. The molecule has 0 heterocycles. The number of aromatic hydroxyl groups is 1. The Morgan fingerprint density at radius 2 is 0.907 bits per heavy atom. The maximum atomic E-state index is 13.2. The lowest BCUT2D eigenvalue weighted by Gasteiger charge is -2.35. The van der Waals surface area contributed by atoms with E-state index in [0.29, 0.717) is 56.0 Å². The van der Waals surface area contributed by atoms with Crippen molar-refractivity contribution in [2.24, 2.45) is 0 Å². The third-order valence-corrected chi connectivity index (χ3v) is 13.2. The van der Waals surface area contributed by atoms with Gasteiger partial charge in [0.25, 0.3) is 20.2 Å². The largest absolute Gasteiger partial charge is 0.508 e. The topological polar surface area (TPSA) is 172 Å². The molecule has 1 aliphatic rings. The van der Waals surface area contributed by atoms with Gasteiger partial charge in [0, 0.05) is 0 Å². The fraction of sp³-hybridized carbons (Fsp3) is 0.122. The molecule has 0 aromatic heterocycles. The Kier molecular flexibility index (Phi) is 8.86. The molecule has 0 unspecified atom stereocenters. The Hall–Kier alpha value is -5.31. The maximum absolute atomic E-state index is 13.2. The zero-order valence-electron chi connectivity index (χ0n) is 29.4. The first-order valence-corrected chi connectivity index (χ1v) is 20.9. The van der Waals surface area contributed by atoms with Crippen molar-refractivity contribution in [2.45, 2.75) is 52.7 Å². The van der Waals surface area contributed by atoms with Crippen molar-refractivity contribution in [3.8, 4) is 28.4 Å². The fourth-order valence-electron chi connectivity index (χ4n) is 7.48. The second-order valence-electron chi connectivity index (χ2n) is 13.5. The van der Waals surface area contributed by atoms with E-state index in [0.717, 1.165) is 11.1 Å². The number of phenols is 1. The number of benzene rings is 6. The van der Waals surface area contributed by atoms with Crippen LogP contribution >= 0.6 is 0 Å². The molecule has 0 amide bonds. The molecule has 0 aliphatic heterocycles. The van der Waals surface area contributed by atoms with Gasteiger partial charge in [-0.05, 0) is 145 Å². The Labute approximate surface area is 313 Å². The number of hydrogen-bond acceptors (Lipinski definition) is 8. The summed E-state index contributed by atoms with van der Waals surface area (Å²) in [7, 11) is -13.2. The predicted octanol–water partition coefficient (Wildman–Crippen LogP) is 8.11. The van der Waals surface area contributed by atoms with Crippen LogP contribution in [0.15, 0.2) is 135 Å². The molecule has 0 radical (unpaired) electrons. The highest BCUT2D eigenvalue weighted by molar-refractivity contribution is 7.91. The summed E-state index contributed by atoms with van der Waals surface area (Å²) >= 11 is 0. The lowest BCUT2D eigenvalue weighted by atomic mass is 9.66. The van der Waals surface area contributed by atoms with Gasteiger partial charge in [-0.3, -0.25) is 9.11 Å². The molecule has 0 fully saturated rings. The SMILES string of the molecule is Cc1cc(C)cc(C2(c3cc(C)c(Oc4ccc(S(=O)(=O)c5ccc(O)cc5)cc4)c(C)c3)c3cc(S(=O)(=O)O)ccc3-c3ccc(S(=O)(=O)O)cc32)c1.